The van der Waals surface area contributed by atoms with Gasteiger partial charge in [0.15, 0.2) is 0 Å². The Morgan fingerprint density at radius 1 is 0.202 bits per heavy atom. The van der Waals surface area contributed by atoms with Crippen LogP contribution in [0.4, 0.5) is 0 Å². The summed E-state index contributed by atoms with van der Waals surface area (Å²) < 4.78 is 4.94. The highest BCUT2D eigenvalue weighted by Crippen LogP contribution is 2.51. The number of hydrogen-bond acceptors (Lipinski definition) is 0. The molecule has 0 saturated heterocycles. The average Bonchev–Trinajstić information content (AvgIpc) is 1.68. The summed E-state index contributed by atoms with van der Waals surface area (Å²) in [5, 5.41) is 20.1. The Labute approximate surface area is 515 Å². The lowest BCUT2D eigenvalue weighted by atomic mass is 9.80. The van der Waals surface area contributed by atoms with Crippen LogP contribution >= 0.6 is 0 Å². The van der Waals surface area contributed by atoms with Crippen LogP contribution in [0.1, 0.15) is 25.0 Å². The highest BCUT2D eigenvalue weighted by molar-refractivity contribution is 6.18. The smallest absolute Gasteiger partial charge is 0.0546 e. The van der Waals surface area contributed by atoms with Gasteiger partial charge in [0.25, 0.3) is 0 Å². The van der Waals surface area contributed by atoms with E-state index in [4.69, 9.17) is 0 Å². The lowest BCUT2D eigenvalue weighted by Crippen LogP contribution is -2.15. The molecule has 0 atom stereocenters. The fourth-order valence-electron chi connectivity index (χ4n) is 15.6. The van der Waals surface area contributed by atoms with E-state index in [1.165, 1.54) is 186 Å². The summed E-state index contributed by atoms with van der Waals surface area (Å²) in [6, 6.07) is 114. The Hall–Kier alpha value is -11.3. The van der Waals surface area contributed by atoms with E-state index in [2.05, 4.69) is 326 Å². The number of hydrogen-bond donors (Lipinski definition) is 0. The summed E-state index contributed by atoms with van der Waals surface area (Å²) in [4.78, 5) is 0. The molecule has 0 bridgehead atoms. The van der Waals surface area contributed by atoms with E-state index in [1.54, 1.807) is 0 Å². The summed E-state index contributed by atoms with van der Waals surface area (Å²) in [5.74, 6) is 0. The van der Waals surface area contributed by atoms with Crippen LogP contribution in [0.25, 0.3) is 175 Å². The fourth-order valence-corrected chi connectivity index (χ4v) is 15.6. The van der Waals surface area contributed by atoms with Crippen LogP contribution in [0.2, 0.25) is 0 Å². The minimum Gasteiger partial charge on any atom is -0.309 e. The van der Waals surface area contributed by atoms with E-state index in [9.17, 15) is 0 Å². The minimum absolute atomic E-state index is 0.179. The second-order valence-corrected chi connectivity index (χ2v) is 25.2. The largest absolute Gasteiger partial charge is 0.309 e. The van der Waals surface area contributed by atoms with Crippen molar-refractivity contribution < 1.29 is 0 Å². The molecule has 0 spiro atoms. The van der Waals surface area contributed by atoms with Gasteiger partial charge in [-0.2, -0.15) is 0 Å². The molecule has 1 aliphatic rings. The Morgan fingerprint density at radius 3 is 0.899 bits per heavy atom. The normalized spacial score (nSPS) is 12.9. The van der Waals surface area contributed by atoms with Crippen molar-refractivity contribution in [1.29, 1.82) is 0 Å². The van der Waals surface area contributed by atoms with Gasteiger partial charge in [-0.15, -0.1) is 0 Å². The second-order valence-electron chi connectivity index (χ2n) is 25.2. The van der Waals surface area contributed by atoms with Gasteiger partial charge in [0, 0.05) is 37.7 Å². The van der Waals surface area contributed by atoms with Crippen molar-refractivity contribution in [3.05, 3.63) is 314 Å². The number of aromatic nitrogens is 2. The maximum Gasteiger partial charge on any atom is 0.0546 e. The van der Waals surface area contributed by atoms with Gasteiger partial charge < -0.3 is 9.13 Å². The molecule has 2 heterocycles. The Balaban J connectivity index is 0.606. The molecule has 18 aromatic rings. The van der Waals surface area contributed by atoms with Crippen LogP contribution in [0, 0.1) is 0 Å². The van der Waals surface area contributed by atoms with Crippen molar-refractivity contribution in [1.82, 2.24) is 9.13 Å². The van der Waals surface area contributed by atoms with E-state index in [-0.39, 0.29) is 5.41 Å². The first-order valence-electron chi connectivity index (χ1n) is 31.1. The fraction of sp³-hybridized carbons (Fsp3) is 0.0345. The molecule has 0 unspecified atom stereocenters. The molecular formula is C87H56N2. The zero-order valence-corrected chi connectivity index (χ0v) is 49.3. The van der Waals surface area contributed by atoms with Gasteiger partial charge in [-0.1, -0.05) is 232 Å². The molecule has 0 fully saturated rings. The zero-order valence-electron chi connectivity index (χ0n) is 49.3. The third kappa shape index (κ3) is 7.51. The maximum absolute atomic E-state index is 2.47. The van der Waals surface area contributed by atoms with Crippen molar-refractivity contribution >= 4 is 108 Å². The lowest BCUT2D eigenvalue weighted by molar-refractivity contribution is 0.661. The first-order valence-corrected chi connectivity index (χ1v) is 31.1. The molecule has 0 radical (unpaired) electrons. The monoisotopic (exact) mass is 1130 g/mol. The maximum atomic E-state index is 2.47. The van der Waals surface area contributed by atoms with Crippen molar-refractivity contribution in [3.8, 4) is 67.0 Å². The van der Waals surface area contributed by atoms with Gasteiger partial charge in [0.2, 0.25) is 0 Å². The molecule has 2 nitrogen and oxygen atoms in total. The predicted octanol–water partition coefficient (Wildman–Crippen LogP) is 23.8. The minimum atomic E-state index is -0.179. The molecule has 16 aromatic carbocycles. The third-order valence-corrected chi connectivity index (χ3v) is 20.0. The molecule has 0 aliphatic heterocycles. The number of benzene rings is 16. The second kappa shape index (κ2) is 18.8. The van der Waals surface area contributed by atoms with Crippen LogP contribution < -0.4 is 0 Å². The van der Waals surface area contributed by atoms with Crippen LogP contribution in [0.5, 0.6) is 0 Å². The van der Waals surface area contributed by atoms with Gasteiger partial charge in [0.1, 0.15) is 0 Å². The number of nitrogens with zero attached hydrogens (tertiary/aromatic N) is 2. The van der Waals surface area contributed by atoms with E-state index in [0.717, 1.165) is 0 Å². The molecule has 414 valence electrons. The van der Waals surface area contributed by atoms with Crippen molar-refractivity contribution in [3.63, 3.8) is 0 Å². The molecular weight excluding hydrogens is 1070 g/mol. The number of fused-ring (bicyclic) bond motifs is 17. The van der Waals surface area contributed by atoms with E-state index in [0.29, 0.717) is 0 Å². The van der Waals surface area contributed by atoms with Crippen LogP contribution in [0.3, 0.4) is 0 Å². The number of rotatable bonds is 6. The molecule has 0 amide bonds. The van der Waals surface area contributed by atoms with E-state index >= 15 is 0 Å². The standard InChI is InChI=1S/C87H56N2/c1-87(2)79-49-63(59-33-29-53-43-57(31-27-55(53)45-59)61-37-41-83-77(47-61)75-23-11-13-25-81(75)88(83)85-51-65-15-3-5-17-67(65)69-19-7-9-21-73(69)85)35-39-71(79)72-40-36-64(50-80(72)87)60-34-30-54-44-58(32-28-56(54)46-60)62-38-42-84-78(48-62)76-24-12-14-26-82(76)89(84)86-52-66-16-4-6-18-68(66)70-20-8-10-22-74(70)86/h3-52H,1-2H3. The van der Waals surface area contributed by atoms with Gasteiger partial charge in [-0.25, -0.2) is 0 Å². The highest BCUT2D eigenvalue weighted by atomic mass is 15.0. The Kier molecular flexibility index (Phi) is 10.6. The van der Waals surface area contributed by atoms with Gasteiger partial charge >= 0.3 is 0 Å². The van der Waals surface area contributed by atoms with Gasteiger partial charge in [0.05, 0.1) is 33.4 Å². The van der Waals surface area contributed by atoms with Crippen molar-refractivity contribution in [2.75, 3.05) is 0 Å². The van der Waals surface area contributed by atoms with Crippen LogP contribution in [-0.2, 0) is 5.41 Å². The molecule has 2 aromatic heterocycles. The molecule has 89 heavy (non-hydrogen) atoms. The van der Waals surface area contributed by atoms with E-state index < -0.39 is 0 Å². The molecule has 19 rings (SSSR count). The molecule has 0 saturated carbocycles. The third-order valence-electron chi connectivity index (χ3n) is 20.0. The first kappa shape index (κ1) is 49.9. The number of para-hydroxylation sites is 2. The summed E-state index contributed by atoms with van der Waals surface area (Å²) in [6.07, 6.45) is 0. The lowest BCUT2D eigenvalue weighted by Gasteiger charge is -2.23. The van der Waals surface area contributed by atoms with Gasteiger partial charge in [-0.3, -0.25) is 0 Å². The highest BCUT2D eigenvalue weighted by Gasteiger charge is 2.36. The first-order chi connectivity index (χ1) is 43.8. The van der Waals surface area contributed by atoms with Gasteiger partial charge in [-0.05, 0) is 206 Å². The van der Waals surface area contributed by atoms with Crippen LogP contribution in [0.15, 0.2) is 303 Å². The van der Waals surface area contributed by atoms with Crippen molar-refractivity contribution in [2.45, 2.75) is 19.3 Å². The van der Waals surface area contributed by atoms with Crippen molar-refractivity contribution in [2.24, 2.45) is 0 Å². The average molecular weight is 1130 g/mol. The Morgan fingerprint density at radius 2 is 0.494 bits per heavy atom. The summed E-state index contributed by atoms with van der Waals surface area (Å²) in [6.45, 7) is 4.80. The molecule has 2 heteroatoms. The zero-order chi connectivity index (χ0) is 58.6. The van der Waals surface area contributed by atoms with E-state index in [1.807, 2.05) is 0 Å². The molecule has 0 N–H and O–H groups in total. The summed E-state index contributed by atoms with van der Waals surface area (Å²) in [7, 11) is 0. The summed E-state index contributed by atoms with van der Waals surface area (Å²) in [5.41, 5.74) is 22.3. The van der Waals surface area contributed by atoms with Crippen LogP contribution in [-0.4, -0.2) is 9.13 Å². The molecule has 1 aliphatic carbocycles. The quantitative estimate of drug-likeness (QED) is 0.147. The summed E-state index contributed by atoms with van der Waals surface area (Å²) >= 11 is 0. The predicted molar refractivity (Wildman–Crippen MR) is 379 cm³/mol. The topological polar surface area (TPSA) is 9.86 Å². The SMILES string of the molecule is CC1(C)c2cc(-c3ccc4cc(-c5ccc6c(c5)c5ccccc5n6-c5cc6ccccc6c6ccccc56)ccc4c3)ccc2-c2ccc(-c3ccc4cc(-c5ccc6c(c5)c5ccccc5n6-c5cc6ccccc6c6ccccc56)ccc4c3)cc21. The Bertz CT molecular complexity index is 5710.